The van der Waals surface area contributed by atoms with Crippen LogP contribution in [0.3, 0.4) is 0 Å². The van der Waals surface area contributed by atoms with E-state index in [4.69, 9.17) is 0 Å². The Morgan fingerprint density at radius 3 is 2.62 bits per heavy atom. The van der Waals surface area contributed by atoms with Crippen molar-refractivity contribution in [2.24, 2.45) is 0 Å². The van der Waals surface area contributed by atoms with Crippen LogP contribution in [0.2, 0.25) is 0 Å². The third-order valence-corrected chi connectivity index (χ3v) is 2.60. The highest BCUT2D eigenvalue weighted by molar-refractivity contribution is 5.98. The highest BCUT2D eigenvalue weighted by atomic mass is 19.4. The van der Waals surface area contributed by atoms with Crippen molar-refractivity contribution in [3.8, 4) is 0 Å². The maximum Gasteiger partial charge on any atom is 0.471 e. The molecule has 0 aliphatic carbocycles. The highest BCUT2D eigenvalue weighted by Gasteiger charge is 2.43. The molecule has 16 heavy (non-hydrogen) atoms. The standard InChI is InChI=1S/C11H10F3NO/c12-11(13,14)10(16)15-7-3-5-8-4-1-2-6-9(8)15/h1-2,4,6H,3,5,7H2. The monoisotopic (exact) mass is 229 g/mol. The minimum atomic E-state index is -4.80. The number of anilines is 1. The Kier molecular flexibility index (Phi) is 2.61. The molecular weight excluding hydrogens is 219 g/mol. The van der Waals surface area contributed by atoms with Gasteiger partial charge in [0, 0.05) is 12.2 Å². The molecule has 0 saturated heterocycles. The predicted molar refractivity (Wildman–Crippen MR) is 53.2 cm³/mol. The first-order valence-electron chi connectivity index (χ1n) is 4.97. The molecule has 0 aromatic heterocycles. The van der Waals surface area contributed by atoms with Gasteiger partial charge in [-0.15, -0.1) is 0 Å². The highest BCUT2D eigenvalue weighted by Crippen LogP contribution is 2.30. The van der Waals surface area contributed by atoms with Crippen molar-refractivity contribution in [2.75, 3.05) is 11.4 Å². The number of benzene rings is 1. The zero-order valence-electron chi connectivity index (χ0n) is 8.42. The van der Waals surface area contributed by atoms with Crippen molar-refractivity contribution in [3.05, 3.63) is 29.8 Å². The fourth-order valence-corrected chi connectivity index (χ4v) is 1.90. The number of carbonyl (C=O) groups is 1. The Morgan fingerprint density at radius 1 is 1.25 bits per heavy atom. The number of fused-ring (bicyclic) bond motifs is 1. The molecule has 0 unspecified atom stereocenters. The quantitative estimate of drug-likeness (QED) is 0.669. The molecular formula is C11H10F3NO. The van der Waals surface area contributed by atoms with Crippen LogP contribution in [0.5, 0.6) is 0 Å². The third kappa shape index (κ3) is 1.89. The minimum Gasteiger partial charge on any atom is -0.304 e. The van der Waals surface area contributed by atoms with Crippen LogP contribution in [0.15, 0.2) is 24.3 Å². The van der Waals surface area contributed by atoms with Gasteiger partial charge in [-0.3, -0.25) is 4.79 Å². The lowest BCUT2D eigenvalue weighted by Crippen LogP contribution is -2.43. The molecule has 2 nitrogen and oxygen atoms in total. The first-order chi connectivity index (χ1) is 7.50. The minimum absolute atomic E-state index is 0.134. The molecule has 1 aliphatic heterocycles. The van der Waals surface area contributed by atoms with Gasteiger partial charge in [-0.25, -0.2) is 0 Å². The molecule has 1 aromatic rings. The predicted octanol–water partition coefficient (Wildman–Crippen LogP) is 2.53. The van der Waals surface area contributed by atoms with Gasteiger partial charge in [0.25, 0.3) is 0 Å². The molecule has 1 aliphatic rings. The van der Waals surface area contributed by atoms with Crippen LogP contribution >= 0.6 is 0 Å². The number of amides is 1. The number of para-hydroxylation sites is 1. The summed E-state index contributed by atoms with van der Waals surface area (Å²) in [7, 11) is 0. The number of hydrogen-bond donors (Lipinski definition) is 0. The van der Waals surface area contributed by atoms with E-state index in [1.807, 2.05) is 0 Å². The molecule has 1 amide bonds. The lowest BCUT2D eigenvalue weighted by molar-refractivity contribution is -0.170. The molecule has 0 bridgehead atoms. The van der Waals surface area contributed by atoms with E-state index in [2.05, 4.69) is 0 Å². The van der Waals surface area contributed by atoms with Crippen LogP contribution in [0.4, 0.5) is 18.9 Å². The topological polar surface area (TPSA) is 20.3 Å². The summed E-state index contributed by atoms with van der Waals surface area (Å²) in [5.41, 5.74) is 1.18. The second-order valence-electron chi connectivity index (χ2n) is 3.69. The van der Waals surface area contributed by atoms with Crippen molar-refractivity contribution in [1.29, 1.82) is 0 Å². The average Bonchev–Trinajstić information content (AvgIpc) is 2.26. The summed E-state index contributed by atoms with van der Waals surface area (Å²) in [6.07, 6.45) is -3.51. The first kappa shape index (κ1) is 11.0. The van der Waals surface area contributed by atoms with Crippen molar-refractivity contribution >= 4 is 11.6 Å². The van der Waals surface area contributed by atoms with Crippen molar-refractivity contribution in [3.63, 3.8) is 0 Å². The van der Waals surface area contributed by atoms with Gasteiger partial charge in [-0.2, -0.15) is 13.2 Å². The second kappa shape index (κ2) is 3.81. The number of rotatable bonds is 0. The third-order valence-electron chi connectivity index (χ3n) is 2.60. The van der Waals surface area contributed by atoms with Crippen molar-refractivity contribution < 1.29 is 18.0 Å². The summed E-state index contributed by atoms with van der Waals surface area (Å²) < 4.78 is 37.0. The zero-order chi connectivity index (χ0) is 11.8. The van der Waals surface area contributed by atoms with Crippen LogP contribution in [0, 0.1) is 0 Å². The molecule has 5 heteroatoms. The van der Waals surface area contributed by atoms with Crippen molar-refractivity contribution in [1.82, 2.24) is 0 Å². The Morgan fingerprint density at radius 2 is 1.94 bits per heavy atom. The van der Waals surface area contributed by atoms with Gasteiger partial charge in [0.05, 0.1) is 0 Å². The molecule has 86 valence electrons. The Bertz CT molecular complexity index is 414. The van der Waals surface area contributed by atoms with E-state index in [1.54, 1.807) is 24.3 Å². The lowest BCUT2D eigenvalue weighted by Gasteiger charge is -2.29. The van der Waals surface area contributed by atoms with Crippen LogP contribution in [-0.4, -0.2) is 18.6 Å². The molecule has 0 fully saturated rings. The van der Waals surface area contributed by atoms with Gasteiger partial charge in [0.2, 0.25) is 0 Å². The lowest BCUT2D eigenvalue weighted by atomic mass is 10.0. The van der Waals surface area contributed by atoms with Gasteiger partial charge in [-0.05, 0) is 24.5 Å². The van der Waals surface area contributed by atoms with Crippen molar-refractivity contribution in [2.45, 2.75) is 19.0 Å². The number of aryl methyl sites for hydroxylation is 1. The molecule has 0 N–H and O–H groups in total. The molecule has 0 radical (unpaired) electrons. The van der Waals surface area contributed by atoms with Gasteiger partial charge >= 0.3 is 12.1 Å². The molecule has 1 aromatic carbocycles. The number of hydrogen-bond acceptors (Lipinski definition) is 1. The Hall–Kier alpha value is -1.52. The molecule has 0 spiro atoms. The molecule has 0 saturated carbocycles. The average molecular weight is 229 g/mol. The van der Waals surface area contributed by atoms with E-state index in [-0.39, 0.29) is 6.54 Å². The second-order valence-corrected chi connectivity index (χ2v) is 3.69. The summed E-state index contributed by atoms with van der Waals surface area (Å²) in [6.45, 7) is 0.134. The maximum atomic E-state index is 12.3. The summed E-state index contributed by atoms with van der Waals surface area (Å²) in [4.78, 5) is 12.0. The van der Waals surface area contributed by atoms with Crippen LogP contribution < -0.4 is 4.90 Å². The van der Waals surface area contributed by atoms with Gasteiger partial charge in [0.15, 0.2) is 0 Å². The van der Waals surface area contributed by atoms with Gasteiger partial charge in [-0.1, -0.05) is 18.2 Å². The van der Waals surface area contributed by atoms with E-state index >= 15 is 0 Å². The number of nitrogens with zero attached hydrogens (tertiary/aromatic N) is 1. The molecule has 2 rings (SSSR count). The number of carbonyl (C=O) groups excluding carboxylic acids is 1. The number of alkyl halides is 3. The van der Waals surface area contributed by atoms with Crippen LogP contribution in [0.1, 0.15) is 12.0 Å². The summed E-state index contributed by atoms with van der Waals surface area (Å²) >= 11 is 0. The molecule has 1 heterocycles. The Labute approximate surface area is 90.7 Å². The van der Waals surface area contributed by atoms with E-state index < -0.39 is 12.1 Å². The summed E-state index contributed by atoms with van der Waals surface area (Å²) in [6, 6.07) is 6.71. The first-order valence-corrected chi connectivity index (χ1v) is 4.97. The summed E-state index contributed by atoms with van der Waals surface area (Å²) in [5, 5.41) is 0. The normalized spacial score (nSPS) is 15.8. The maximum absolute atomic E-state index is 12.3. The van der Waals surface area contributed by atoms with Crippen LogP contribution in [0.25, 0.3) is 0 Å². The van der Waals surface area contributed by atoms with E-state index in [1.165, 1.54) is 0 Å². The zero-order valence-corrected chi connectivity index (χ0v) is 8.42. The number of halogens is 3. The largest absolute Gasteiger partial charge is 0.471 e. The fraction of sp³-hybridized carbons (Fsp3) is 0.364. The van der Waals surface area contributed by atoms with E-state index in [0.29, 0.717) is 12.1 Å². The van der Waals surface area contributed by atoms with Gasteiger partial charge < -0.3 is 4.90 Å². The fourth-order valence-electron chi connectivity index (χ4n) is 1.90. The SMILES string of the molecule is O=C(N1CCCc2ccccc21)C(F)(F)F. The molecule has 0 atom stereocenters. The van der Waals surface area contributed by atoms with Crippen LogP contribution in [-0.2, 0) is 11.2 Å². The smallest absolute Gasteiger partial charge is 0.304 e. The van der Waals surface area contributed by atoms with E-state index in [0.717, 1.165) is 16.9 Å². The Balaban J connectivity index is 2.36. The van der Waals surface area contributed by atoms with Gasteiger partial charge in [0.1, 0.15) is 0 Å². The van der Waals surface area contributed by atoms with E-state index in [9.17, 15) is 18.0 Å². The summed E-state index contributed by atoms with van der Waals surface area (Å²) in [5.74, 6) is -1.78.